The number of hydrogen-bond acceptors (Lipinski definition) is 8. The molecule has 2 heterocycles. The Kier molecular flexibility index (Phi) is 8.04. The van der Waals surface area contributed by atoms with Gasteiger partial charge in [0.15, 0.2) is 0 Å². The maximum atomic E-state index is 12.7. The molecule has 1 saturated carbocycles. The number of benzene rings is 1. The van der Waals surface area contributed by atoms with Crippen molar-refractivity contribution in [2.24, 2.45) is 5.73 Å². The molecule has 4 rings (SSSR count). The molecule has 0 atom stereocenters. The lowest BCUT2D eigenvalue weighted by atomic mass is 9.92. The molecule has 1 fully saturated rings. The van der Waals surface area contributed by atoms with Gasteiger partial charge in [-0.2, -0.15) is 0 Å². The first-order valence-electron chi connectivity index (χ1n) is 11.5. The second-order valence-corrected chi connectivity index (χ2v) is 10.6. The molecule has 0 spiro atoms. The van der Waals surface area contributed by atoms with Crippen molar-refractivity contribution in [1.82, 2.24) is 15.0 Å². The Balaban J connectivity index is 1.37. The van der Waals surface area contributed by atoms with Crippen LogP contribution in [-0.4, -0.2) is 42.6 Å². The molecule has 9 nitrogen and oxygen atoms in total. The third kappa shape index (κ3) is 6.59. The van der Waals surface area contributed by atoms with Crippen molar-refractivity contribution >= 4 is 33.3 Å². The van der Waals surface area contributed by atoms with E-state index < -0.39 is 10.0 Å². The monoisotopic (exact) mass is 516 g/mol. The Labute approximate surface area is 210 Å². The SMILES string of the molecule is COc1cc(NS(=O)(=O)c2ccccc2Cl)cnc1CCc1cnc(N[C@H]2CC[C@H](N)CC2)nc1. The van der Waals surface area contributed by atoms with Crippen LogP contribution in [0.2, 0.25) is 5.02 Å². The fraction of sp³-hybridized carbons (Fsp3) is 0.375. The van der Waals surface area contributed by atoms with Gasteiger partial charge < -0.3 is 15.8 Å². The van der Waals surface area contributed by atoms with E-state index in [1.165, 1.54) is 25.4 Å². The number of sulfonamides is 1. The molecule has 2 aromatic heterocycles. The van der Waals surface area contributed by atoms with Crippen LogP contribution < -0.4 is 20.5 Å². The second-order valence-electron chi connectivity index (χ2n) is 8.58. The maximum absolute atomic E-state index is 12.7. The number of nitrogens with zero attached hydrogens (tertiary/aromatic N) is 3. The molecule has 0 radical (unpaired) electrons. The summed E-state index contributed by atoms with van der Waals surface area (Å²) in [5.41, 5.74) is 7.92. The van der Waals surface area contributed by atoms with Crippen molar-refractivity contribution in [3.63, 3.8) is 0 Å². The van der Waals surface area contributed by atoms with Gasteiger partial charge >= 0.3 is 0 Å². The predicted molar refractivity (Wildman–Crippen MR) is 136 cm³/mol. The van der Waals surface area contributed by atoms with E-state index in [0.717, 1.165) is 31.2 Å². The van der Waals surface area contributed by atoms with Gasteiger partial charge in [0.25, 0.3) is 10.0 Å². The normalized spacial score (nSPS) is 18.1. The number of halogens is 1. The van der Waals surface area contributed by atoms with Gasteiger partial charge in [-0.3, -0.25) is 9.71 Å². The Morgan fingerprint density at radius 1 is 1.06 bits per heavy atom. The zero-order valence-corrected chi connectivity index (χ0v) is 21.0. The van der Waals surface area contributed by atoms with Crippen LogP contribution in [-0.2, 0) is 22.9 Å². The first-order chi connectivity index (χ1) is 16.8. The van der Waals surface area contributed by atoms with E-state index in [-0.39, 0.29) is 15.6 Å². The molecule has 4 N–H and O–H groups in total. The van der Waals surface area contributed by atoms with Crippen molar-refractivity contribution in [2.75, 3.05) is 17.1 Å². The van der Waals surface area contributed by atoms with E-state index in [4.69, 9.17) is 22.1 Å². The minimum absolute atomic E-state index is 0.00490. The summed E-state index contributed by atoms with van der Waals surface area (Å²) in [6.45, 7) is 0. The molecule has 186 valence electrons. The molecule has 0 saturated heterocycles. The highest BCUT2D eigenvalue weighted by Gasteiger charge is 2.20. The molecule has 11 heteroatoms. The fourth-order valence-electron chi connectivity index (χ4n) is 4.03. The minimum Gasteiger partial charge on any atom is -0.495 e. The largest absolute Gasteiger partial charge is 0.495 e. The third-order valence-electron chi connectivity index (χ3n) is 5.99. The summed E-state index contributed by atoms with van der Waals surface area (Å²) in [5, 5.41) is 3.53. The summed E-state index contributed by atoms with van der Waals surface area (Å²) in [4.78, 5) is 13.3. The Bertz CT molecular complexity index is 1250. The number of nitrogens with two attached hydrogens (primary N) is 1. The third-order valence-corrected chi connectivity index (χ3v) is 7.87. The summed E-state index contributed by atoms with van der Waals surface area (Å²) in [6.07, 6.45) is 10.4. The highest BCUT2D eigenvalue weighted by molar-refractivity contribution is 7.92. The topological polar surface area (TPSA) is 132 Å². The number of pyridine rings is 1. The summed E-state index contributed by atoms with van der Waals surface area (Å²) in [5.74, 6) is 1.11. The smallest absolute Gasteiger partial charge is 0.263 e. The average molecular weight is 517 g/mol. The van der Waals surface area contributed by atoms with E-state index in [1.807, 2.05) is 12.4 Å². The molecule has 0 aliphatic heterocycles. The number of ether oxygens (including phenoxy) is 1. The average Bonchev–Trinajstić information content (AvgIpc) is 2.85. The van der Waals surface area contributed by atoms with Crippen LogP contribution in [0.3, 0.4) is 0 Å². The van der Waals surface area contributed by atoms with Crippen LogP contribution in [0.25, 0.3) is 0 Å². The van der Waals surface area contributed by atoms with Crippen molar-refractivity contribution in [1.29, 1.82) is 0 Å². The van der Waals surface area contributed by atoms with E-state index in [9.17, 15) is 8.42 Å². The molecule has 35 heavy (non-hydrogen) atoms. The summed E-state index contributed by atoms with van der Waals surface area (Å²) < 4.78 is 33.4. The van der Waals surface area contributed by atoms with Gasteiger partial charge in [-0.15, -0.1) is 0 Å². The fourth-order valence-corrected chi connectivity index (χ4v) is 5.59. The Hall–Kier alpha value is -2.95. The molecular weight excluding hydrogens is 488 g/mol. The Morgan fingerprint density at radius 2 is 1.77 bits per heavy atom. The van der Waals surface area contributed by atoms with Gasteiger partial charge in [0.1, 0.15) is 10.6 Å². The van der Waals surface area contributed by atoms with Gasteiger partial charge in [0, 0.05) is 30.5 Å². The van der Waals surface area contributed by atoms with E-state index in [0.29, 0.717) is 42.3 Å². The molecule has 1 aromatic carbocycles. The van der Waals surface area contributed by atoms with Gasteiger partial charge in [-0.25, -0.2) is 18.4 Å². The van der Waals surface area contributed by atoms with Crippen molar-refractivity contribution < 1.29 is 13.2 Å². The van der Waals surface area contributed by atoms with Crippen LogP contribution in [0.5, 0.6) is 5.75 Å². The lowest BCUT2D eigenvalue weighted by Crippen LogP contribution is -2.33. The minimum atomic E-state index is -3.86. The van der Waals surface area contributed by atoms with Crippen LogP contribution in [0, 0.1) is 0 Å². The number of anilines is 2. The number of hydrogen-bond donors (Lipinski definition) is 3. The van der Waals surface area contributed by atoms with Crippen LogP contribution in [0.15, 0.2) is 53.8 Å². The standard InChI is InChI=1S/C24H29ClN6O3S/c1-34-22-12-19(31-35(32,33)23-5-3-2-4-20(23)25)15-27-21(22)11-6-16-13-28-24(29-14-16)30-18-9-7-17(26)8-10-18/h2-5,12-15,17-18,31H,6-11,26H2,1H3,(H,28,29,30)/t17-,18-. The number of aryl methyl sites for hydroxylation is 2. The number of nitrogens with one attached hydrogen (secondary N) is 2. The lowest BCUT2D eigenvalue weighted by Gasteiger charge is -2.26. The van der Waals surface area contributed by atoms with Crippen LogP contribution in [0.4, 0.5) is 11.6 Å². The van der Waals surface area contributed by atoms with Gasteiger partial charge in [-0.1, -0.05) is 23.7 Å². The van der Waals surface area contributed by atoms with Crippen molar-refractivity contribution in [2.45, 2.75) is 55.5 Å². The van der Waals surface area contributed by atoms with Crippen LogP contribution >= 0.6 is 11.6 Å². The summed E-state index contributed by atoms with van der Waals surface area (Å²) >= 11 is 6.04. The Morgan fingerprint density at radius 3 is 2.46 bits per heavy atom. The summed E-state index contributed by atoms with van der Waals surface area (Å²) in [6, 6.07) is 8.52. The first-order valence-corrected chi connectivity index (χ1v) is 13.3. The molecule has 1 aliphatic rings. The molecule has 0 bridgehead atoms. The molecular formula is C24H29ClN6O3S. The quantitative estimate of drug-likeness (QED) is 0.391. The predicted octanol–water partition coefficient (Wildman–Crippen LogP) is 3.80. The van der Waals surface area contributed by atoms with E-state index in [1.54, 1.807) is 18.2 Å². The summed E-state index contributed by atoms with van der Waals surface area (Å²) in [7, 11) is -2.34. The van der Waals surface area contributed by atoms with Gasteiger partial charge in [0.2, 0.25) is 5.95 Å². The zero-order chi connectivity index (χ0) is 24.8. The second kappa shape index (κ2) is 11.2. The van der Waals surface area contributed by atoms with Gasteiger partial charge in [-0.05, 0) is 56.2 Å². The zero-order valence-electron chi connectivity index (χ0n) is 19.4. The van der Waals surface area contributed by atoms with Crippen molar-refractivity contribution in [3.8, 4) is 5.75 Å². The highest BCUT2D eigenvalue weighted by Crippen LogP contribution is 2.27. The van der Waals surface area contributed by atoms with E-state index in [2.05, 4.69) is 25.0 Å². The lowest BCUT2D eigenvalue weighted by molar-refractivity contribution is 0.407. The number of aromatic nitrogens is 3. The molecule has 3 aromatic rings. The van der Waals surface area contributed by atoms with Crippen molar-refractivity contribution in [3.05, 3.63) is 65.2 Å². The van der Waals surface area contributed by atoms with Gasteiger partial charge in [0.05, 0.1) is 29.7 Å². The molecule has 0 unspecified atom stereocenters. The number of methoxy groups -OCH3 is 1. The first kappa shape index (κ1) is 25.2. The van der Waals surface area contributed by atoms with E-state index >= 15 is 0 Å². The molecule has 1 aliphatic carbocycles. The molecule has 0 amide bonds. The highest BCUT2D eigenvalue weighted by atomic mass is 35.5. The maximum Gasteiger partial charge on any atom is 0.263 e. The van der Waals surface area contributed by atoms with Crippen LogP contribution in [0.1, 0.15) is 36.9 Å². The number of rotatable bonds is 9.